The summed E-state index contributed by atoms with van der Waals surface area (Å²) < 4.78 is 11.0. The molecule has 6 nitrogen and oxygen atoms in total. The number of furan rings is 1. The quantitative estimate of drug-likeness (QED) is 0.662. The number of benzene rings is 2. The minimum atomic E-state index is -0.393. The van der Waals surface area contributed by atoms with Crippen LogP contribution in [-0.4, -0.2) is 43.0 Å². The first kappa shape index (κ1) is 20.2. The molecule has 3 aromatic rings. The van der Waals surface area contributed by atoms with Gasteiger partial charge in [-0.1, -0.05) is 29.8 Å². The lowest BCUT2D eigenvalue weighted by atomic mass is 10.1. The smallest absolute Gasteiger partial charge is 0.291 e. The second kappa shape index (κ2) is 8.73. The van der Waals surface area contributed by atoms with Crippen LogP contribution in [0.4, 0.5) is 5.69 Å². The van der Waals surface area contributed by atoms with Gasteiger partial charge in [0.1, 0.15) is 5.76 Å². The van der Waals surface area contributed by atoms with E-state index in [2.05, 4.69) is 5.32 Å². The Kier molecular flexibility index (Phi) is 5.88. The summed E-state index contributed by atoms with van der Waals surface area (Å²) in [7, 11) is 0. The minimum Gasteiger partial charge on any atom is -0.451 e. The second-order valence-corrected chi connectivity index (χ2v) is 7.47. The van der Waals surface area contributed by atoms with Gasteiger partial charge in [0, 0.05) is 34.9 Å². The van der Waals surface area contributed by atoms with Gasteiger partial charge >= 0.3 is 0 Å². The highest BCUT2D eigenvalue weighted by molar-refractivity contribution is 6.31. The number of carbonyl (C=O) groups is 2. The van der Waals surface area contributed by atoms with Gasteiger partial charge in [-0.15, -0.1) is 0 Å². The molecule has 1 aliphatic rings. The first-order valence-electron chi connectivity index (χ1n) is 9.66. The molecule has 0 bridgehead atoms. The van der Waals surface area contributed by atoms with Gasteiger partial charge in [-0.05, 0) is 48.9 Å². The maximum absolute atomic E-state index is 12.6. The molecular weight excluding hydrogens is 404 g/mol. The summed E-state index contributed by atoms with van der Waals surface area (Å²) >= 11 is 6.18. The molecule has 1 aromatic heterocycles. The van der Waals surface area contributed by atoms with Crippen LogP contribution in [0, 0.1) is 6.92 Å². The Morgan fingerprint density at radius 2 is 1.83 bits per heavy atom. The van der Waals surface area contributed by atoms with Crippen molar-refractivity contribution >= 4 is 29.1 Å². The Labute approximate surface area is 179 Å². The molecule has 7 heteroatoms. The van der Waals surface area contributed by atoms with Gasteiger partial charge in [-0.25, -0.2) is 0 Å². The fourth-order valence-electron chi connectivity index (χ4n) is 3.23. The van der Waals surface area contributed by atoms with Crippen molar-refractivity contribution in [3.05, 3.63) is 76.5 Å². The fourth-order valence-corrected chi connectivity index (χ4v) is 3.41. The maximum atomic E-state index is 12.6. The minimum absolute atomic E-state index is 0.0778. The zero-order chi connectivity index (χ0) is 21.1. The topological polar surface area (TPSA) is 71.8 Å². The van der Waals surface area contributed by atoms with Gasteiger partial charge < -0.3 is 19.4 Å². The number of amides is 2. The first-order chi connectivity index (χ1) is 14.5. The maximum Gasteiger partial charge on any atom is 0.291 e. The summed E-state index contributed by atoms with van der Waals surface area (Å²) in [5.41, 5.74) is 2.80. The number of anilines is 1. The molecule has 0 spiro atoms. The van der Waals surface area contributed by atoms with E-state index in [0.717, 1.165) is 11.1 Å². The molecule has 30 heavy (non-hydrogen) atoms. The number of nitrogens with one attached hydrogen (secondary N) is 1. The normalized spacial score (nSPS) is 13.9. The van der Waals surface area contributed by atoms with Crippen molar-refractivity contribution in [3.8, 4) is 11.3 Å². The van der Waals surface area contributed by atoms with Crippen LogP contribution in [-0.2, 0) is 4.74 Å². The molecule has 1 saturated heterocycles. The van der Waals surface area contributed by atoms with E-state index in [1.54, 1.807) is 47.4 Å². The van der Waals surface area contributed by atoms with E-state index < -0.39 is 5.91 Å². The highest BCUT2D eigenvalue weighted by Crippen LogP contribution is 2.27. The van der Waals surface area contributed by atoms with Crippen molar-refractivity contribution in [2.24, 2.45) is 0 Å². The van der Waals surface area contributed by atoms with Gasteiger partial charge in [0.25, 0.3) is 11.8 Å². The molecule has 1 fully saturated rings. The van der Waals surface area contributed by atoms with Gasteiger partial charge in [-0.3, -0.25) is 9.59 Å². The van der Waals surface area contributed by atoms with Crippen LogP contribution >= 0.6 is 11.6 Å². The van der Waals surface area contributed by atoms with Crippen molar-refractivity contribution in [3.63, 3.8) is 0 Å². The molecule has 2 aromatic carbocycles. The van der Waals surface area contributed by atoms with E-state index >= 15 is 0 Å². The standard InChI is InChI=1S/C23H21ClN2O4/c1-15-5-6-16(14-19(15)24)20-7-8-21(30-20)22(27)25-18-4-2-3-17(13-18)23(28)26-9-11-29-12-10-26/h2-8,13-14H,9-12H2,1H3,(H,25,27). The van der Waals surface area contributed by atoms with Gasteiger partial charge in [0.15, 0.2) is 5.76 Å². The summed E-state index contributed by atoms with van der Waals surface area (Å²) in [5.74, 6) is 0.256. The van der Waals surface area contributed by atoms with Crippen LogP contribution in [0.3, 0.4) is 0 Å². The number of halogens is 1. The Hall–Kier alpha value is -3.09. The van der Waals surface area contributed by atoms with Crippen molar-refractivity contribution in [1.29, 1.82) is 0 Å². The van der Waals surface area contributed by atoms with Crippen molar-refractivity contribution in [2.75, 3.05) is 31.6 Å². The molecule has 2 heterocycles. The molecule has 154 valence electrons. The van der Waals surface area contributed by atoms with Gasteiger partial charge in [0.05, 0.1) is 13.2 Å². The second-order valence-electron chi connectivity index (χ2n) is 7.07. The third kappa shape index (κ3) is 4.40. The summed E-state index contributed by atoms with van der Waals surface area (Å²) in [4.78, 5) is 27.0. The monoisotopic (exact) mass is 424 g/mol. The lowest BCUT2D eigenvalue weighted by Crippen LogP contribution is -2.40. The van der Waals surface area contributed by atoms with Gasteiger partial charge in [-0.2, -0.15) is 0 Å². The molecule has 1 aliphatic heterocycles. The number of carbonyl (C=O) groups excluding carboxylic acids is 2. The van der Waals surface area contributed by atoms with Crippen molar-refractivity contribution in [2.45, 2.75) is 6.92 Å². The zero-order valence-corrected chi connectivity index (χ0v) is 17.2. The summed E-state index contributed by atoms with van der Waals surface area (Å²) in [6.45, 7) is 4.12. The lowest BCUT2D eigenvalue weighted by molar-refractivity contribution is 0.0303. The van der Waals surface area contributed by atoms with Crippen molar-refractivity contribution < 1.29 is 18.7 Å². The molecule has 0 aliphatic carbocycles. The van der Waals surface area contributed by atoms with Crippen LogP contribution in [0.25, 0.3) is 11.3 Å². The van der Waals surface area contributed by atoms with Crippen LogP contribution in [0.1, 0.15) is 26.5 Å². The number of ether oxygens (including phenoxy) is 1. The van der Waals surface area contributed by atoms with E-state index in [1.807, 2.05) is 19.1 Å². The summed E-state index contributed by atoms with van der Waals surface area (Å²) in [5, 5.41) is 3.42. The molecule has 0 atom stereocenters. The fraction of sp³-hybridized carbons (Fsp3) is 0.217. The van der Waals surface area contributed by atoms with E-state index in [-0.39, 0.29) is 11.7 Å². The van der Waals surface area contributed by atoms with Crippen LogP contribution in [0.15, 0.2) is 59.0 Å². The predicted octanol–water partition coefficient (Wildman–Crippen LogP) is 4.63. The zero-order valence-electron chi connectivity index (χ0n) is 16.5. The molecule has 4 rings (SSSR count). The Morgan fingerprint density at radius 3 is 2.60 bits per heavy atom. The average molecular weight is 425 g/mol. The lowest BCUT2D eigenvalue weighted by Gasteiger charge is -2.27. The largest absolute Gasteiger partial charge is 0.451 e. The number of morpholine rings is 1. The average Bonchev–Trinajstić information content (AvgIpc) is 3.26. The molecule has 0 saturated carbocycles. The Morgan fingerprint density at radius 1 is 1.03 bits per heavy atom. The number of hydrogen-bond acceptors (Lipinski definition) is 4. The highest BCUT2D eigenvalue weighted by Gasteiger charge is 2.19. The Bertz CT molecular complexity index is 1090. The van der Waals surface area contributed by atoms with E-state index in [9.17, 15) is 9.59 Å². The van der Waals surface area contributed by atoms with Gasteiger partial charge in [0.2, 0.25) is 0 Å². The number of aryl methyl sites for hydroxylation is 1. The Balaban J connectivity index is 1.47. The van der Waals surface area contributed by atoms with E-state index in [4.69, 9.17) is 20.8 Å². The predicted molar refractivity (Wildman–Crippen MR) is 115 cm³/mol. The molecule has 2 amide bonds. The number of nitrogens with zero attached hydrogens (tertiary/aromatic N) is 1. The molecule has 0 unspecified atom stereocenters. The van der Waals surface area contributed by atoms with E-state index in [1.165, 1.54) is 0 Å². The number of rotatable bonds is 4. The SMILES string of the molecule is Cc1ccc(-c2ccc(C(=O)Nc3cccc(C(=O)N4CCOCC4)c3)o2)cc1Cl. The highest BCUT2D eigenvalue weighted by atomic mass is 35.5. The van der Waals surface area contributed by atoms with E-state index in [0.29, 0.717) is 48.3 Å². The van der Waals surface area contributed by atoms with Crippen LogP contribution < -0.4 is 5.32 Å². The van der Waals surface area contributed by atoms with Crippen molar-refractivity contribution in [1.82, 2.24) is 4.90 Å². The molecule has 0 radical (unpaired) electrons. The number of hydrogen-bond donors (Lipinski definition) is 1. The first-order valence-corrected chi connectivity index (χ1v) is 10.0. The summed E-state index contributed by atoms with van der Waals surface area (Å²) in [6.07, 6.45) is 0. The third-order valence-electron chi connectivity index (χ3n) is 4.95. The summed E-state index contributed by atoms with van der Waals surface area (Å²) in [6, 6.07) is 15.8. The van der Waals surface area contributed by atoms with Crippen LogP contribution in [0.5, 0.6) is 0 Å². The molecule has 1 N–H and O–H groups in total. The molecular formula is C23H21ClN2O4. The third-order valence-corrected chi connectivity index (χ3v) is 5.36. The van der Waals surface area contributed by atoms with Crippen LogP contribution in [0.2, 0.25) is 5.02 Å².